The Morgan fingerprint density at radius 3 is 2.45 bits per heavy atom. The summed E-state index contributed by atoms with van der Waals surface area (Å²) in [7, 11) is -4.40. The fraction of sp³-hybridized carbons (Fsp3) is 0.286. The Labute approximate surface area is 183 Å². The van der Waals surface area contributed by atoms with Crippen LogP contribution in [0, 0.1) is 0 Å². The van der Waals surface area contributed by atoms with E-state index in [1.54, 1.807) is 4.90 Å². The van der Waals surface area contributed by atoms with Crippen LogP contribution in [0.15, 0.2) is 60.0 Å². The summed E-state index contributed by atoms with van der Waals surface area (Å²) >= 11 is 6.14. The van der Waals surface area contributed by atoms with Gasteiger partial charge in [-0.25, -0.2) is 8.42 Å². The summed E-state index contributed by atoms with van der Waals surface area (Å²) in [6, 6.07) is 7.88. The lowest BCUT2D eigenvalue weighted by atomic mass is 10.2. The lowest BCUT2D eigenvalue weighted by Gasteiger charge is -2.25. The van der Waals surface area contributed by atoms with Gasteiger partial charge < -0.3 is 4.90 Å². The average Bonchev–Trinajstić information content (AvgIpc) is 3.26. The summed E-state index contributed by atoms with van der Waals surface area (Å²) in [5.74, 6) is -0.319. The molecule has 5 nitrogen and oxygen atoms in total. The average molecular weight is 473 g/mol. The first-order chi connectivity index (χ1) is 14.6. The molecule has 0 N–H and O–H groups in total. The molecule has 1 aliphatic rings. The standard InChI is InChI=1S/C21H20ClF3N2O3S/c1-2-10-27(17-7-5-6-16(14-17)21(23,24)25)31(29,30)19-13-15(8-9-18(19)22)20(28)26-11-3-4-12-26/h2,5-9,13-14H,1,3-4,10-12H2. The van der Waals surface area contributed by atoms with Crippen LogP contribution < -0.4 is 4.31 Å². The Bertz CT molecular complexity index is 1100. The number of hydrogen-bond donors (Lipinski definition) is 0. The number of hydrogen-bond acceptors (Lipinski definition) is 3. The van der Waals surface area contributed by atoms with Crippen molar-refractivity contribution in [2.45, 2.75) is 23.9 Å². The number of sulfonamides is 1. The van der Waals surface area contributed by atoms with Gasteiger partial charge in [-0.05, 0) is 49.2 Å². The maximum Gasteiger partial charge on any atom is 0.416 e. The van der Waals surface area contributed by atoms with Crippen molar-refractivity contribution in [2.75, 3.05) is 23.9 Å². The Balaban J connectivity index is 2.06. The van der Waals surface area contributed by atoms with Crippen LogP contribution in [0.1, 0.15) is 28.8 Å². The number of anilines is 1. The molecule has 0 aliphatic carbocycles. The lowest BCUT2D eigenvalue weighted by molar-refractivity contribution is -0.137. The molecule has 0 saturated carbocycles. The second-order valence-corrected chi connectivity index (χ2v) is 9.26. The minimum absolute atomic E-state index is 0.140. The number of nitrogens with zero attached hydrogens (tertiary/aromatic N) is 2. The summed E-state index contributed by atoms with van der Waals surface area (Å²) in [6.45, 7) is 4.37. The van der Waals surface area contributed by atoms with E-state index in [1.807, 2.05) is 0 Å². The zero-order valence-electron chi connectivity index (χ0n) is 16.4. The highest BCUT2D eigenvalue weighted by molar-refractivity contribution is 7.93. The Morgan fingerprint density at radius 1 is 1.16 bits per heavy atom. The van der Waals surface area contributed by atoms with Crippen molar-refractivity contribution >= 4 is 33.2 Å². The third-order valence-corrected chi connectivity index (χ3v) is 7.17. The van der Waals surface area contributed by atoms with Gasteiger partial charge in [-0.2, -0.15) is 13.2 Å². The normalized spacial score (nSPS) is 14.5. The molecule has 1 amide bonds. The fourth-order valence-electron chi connectivity index (χ4n) is 3.35. The molecule has 0 aromatic heterocycles. The third kappa shape index (κ3) is 4.88. The van der Waals surface area contributed by atoms with Gasteiger partial charge in [0.1, 0.15) is 4.90 Å². The minimum atomic E-state index is -4.64. The van der Waals surface area contributed by atoms with E-state index in [-0.39, 0.29) is 33.6 Å². The summed E-state index contributed by atoms with van der Waals surface area (Å²) in [4.78, 5) is 13.9. The van der Waals surface area contributed by atoms with E-state index < -0.39 is 21.8 Å². The number of benzene rings is 2. The van der Waals surface area contributed by atoms with Crippen LogP contribution in [0.5, 0.6) is 0 Å². The van der Waals surface area contributed by atoms with E-state index >= 15 is 0 Å². The second-order valence-electron chi connectivity index (χ2n) is 7.02. The first-order valence-electron chi connectivity index (χ1n) is 9.45. The van der Waals surface area contributed by atoms with Crippen molar-refractivity contribution in [1.82, 2.24) is 4.90 Å². The first-order valence-corrected chi connectivity index (χ1v) is 11.3. The molecule has 1 heterocycles. The fourth-order valence-corrected chi connectivity index (χ4v) is 5.28. The van der Waals surface area contributed by atoms with Crippen LogP contribution in [-0.4, -0.2) is 38.9 Å². The van der Waals surface area contributed by atoms with Gasteiger partial charge in [0, 0.05) is 18.7 Å². The number of carbonyl (C=O) groups excluding carboxylic acids is 1. The number of amides is 1. The molecule has 0 radical (unpaired) electrons. The van der Waals surface area contributed by atoms with Crippen molar-refractivity contribution in [3.05, 3.63) is 71.3 Å². The molecular formula is C21H20ClF3N2O3S. The molecule has 166 valence electrons. The topological polar surface area (TPSA) is 57.7 Å². The van der Waals surface area contributed by atoms with Crippen molar-refractivity contribution in [1.29, 1.82) is 0 Å². The highest BCUT2D eigenvalue weighted by Gasteiger charge is 2.33. The molecule has 0 unspecified atom stereocenters. The number of halogens is 4. The minimum Gasteiger partial charge on any atom is -0.339 e. The lowest BCUT2D eigenvalue weighted by Crippen LogP contribution is -2.32. The number of alkyl halides is 3. The van der Waals surface area contributed by atoms with Crippen molar-refractivity contribution in [3.8, 4) is 0 Å². The molecule has 0 atom stereocenters. The van der Waals surface area contributed by atoms with Gasteiger partial charge in [0.05, 0.1) is 22.8 Å². The van der Waals surface area contributed by atoms with E-state index in [9.17, 15) is 26.4 Å². The molecular weight excluding hydrogens is 453 g/mol. The van der Waals surface area contributed by atoms with Crippen molar-refractivity contribution < 1.29 is 26.4 Å². The zero-order valence-corrected chi connectivity index (χ0v) is 18.0. The van der Waals surface area contributed by atoms with E-state index in [2.05, 4.69) is 6.58 Å². The highest BCUT2D eigenvalue weighted by atomic mass is 35.5. The van der Waals surface area contributed by atoms with Crippen LogP contribution in [0.25, 0.3) is 0 Å². The van der Waals surface area contributed by atoms with E-state index in [4.69, 9.17) is 11.6 Å². The monoisotopic (exact) mass is 472 g/mol. The molecule has 0 spiro atoms. The first kappa shape index (κ1) is 23.1. The molecule has 3 rings (SSSR count). The van der Waals surface area contributed by atoms with Crippen LogP contribution in [0.2, 0.25) is 5.02 Å². The quantitative estimate of drug-likeness (QED) is 0.557. The van der Waals surface area contributed by atoms with Gasteiger partial charge in [0.25, 0.3) is 15.9 Å². The SMILES string of the molecule is C=CCN(c1cccc(C(F)(F)F)c1)S(=O)(=O)c1cc(C(=O)N2CCCC2)ccc1Cl. The predicted molar refractivity (Wildman–Crippen MR) is 113 cm³/mol. The maximum absolute atomic E-state index is 13.4. The van der Waals surface area contributed by atoms with Crippen molar-refractivity contribution in [2.24, 2.45) is 0 Å². The van der Waals surface area contributed by atoms with Gasteiger partial charge in [0.2, 0.25) is 0 Å². The maximum atomic E-state index is 13.4. The summed E-state index contributed by atoms with van der Waals surface area (Å²) in [5.41, 5.74) is -1.03. The largest absolute Gasteiger partial charge is 0.416 e. The highest BCUT2D eigenvalue weighted by Crippen LogP contribution is 2.34. The van der Waals surface area contributed by atoms with Crippen LogP contribution >= 0.6 is 11.6 Å². The Kier molecular flexibility index (Phi) is 6.66. The molecule has 0 bridgehead atoms. The van der Waals surface area contributed by atoms with Crippen LogP contribution in [0.4, 0.5) is 18.9 Å². The molecule has 2 aromatic carbocycles. The molecule has 31 heavy (non-hydrogen) atoms. The third-order valence-electron chi connectivity index (χ3n) is 4.90. The summed E-state index contributed by atoms with van der Waals surface area (Å²) < 4.78 is 67.0. The number of likely N-dealkylation sites (tertiary alicyclic amines) is 1. The number of carbonyl (C=O) groups is 1. The molecule has 1 saturated heterocycles. The Hall–Kier alpha value is -2.52. The van der Waals surface area contributed by atoms with Gasteiger partial charge in [0.15, 0.2) is 0 Å². The van der Waals surface area contributed by atoms with E-state index in [0.29, 0.717) is 13.1 Å². The predicted octanol–water partition coefficient (Wildman–Crippen LogP) is 4.98. The molecule has 1 aliphatic heterocycles. The summed E-state index contributed by atoms with van der Waals surface area (Å²) in [5, 5.41) is -0.140. The Morgan fingerprint density at radius 2 is 1.84 bits per heavy atom. The van der Waals surface area contributed by atoms with Crippen LogP contribution in [-0.2, 0) is 16.2 Å². The van der Waals surface area contributed by atoms with Crippen molar-refractivity contribution in [3.63, 3.8) is 0 Å². The molecule has 10 heteroatoms. The second kappa shape index (κ2) is 8.92. The summed E-state index contributed by atoms with van der Waals surface area (Å²) in [6.07, 6.45) is -1.65. The van der Waals surface area contributed by atoms with Gasteiger partial charge in [-0.1, -0.05) is 23.7 Å². The van der Waals surface area contributed by atoms with Gasteiger partial charge in [-0.3, -0.25) is 9.10 Å². The molecule has 1 fully saturated rings. The number of rotatable bonds is 6. The zero-order chi connectivity index (χ0) is 22.8. The van der Waals surface area contributed by atoms with Crippen LogP contribution in [0.3, 0.4) is 0 Å². The van der Waals surface area contributed by atoms with Gasteiger partial charge >= 0.3 is 6.18 Å². The molecule has 2 aromatic rings. The van der Waals surface area contributed by atoms with E-state index in [0.717, 1.165) is 35.3 Å². The van der Waals surface area contributed by atoms with Gasteiger partial charge in [-0.15, -0.1) is 6.58 Å². The van der Waals surface area contributed by atoms with E-state index in [1.165, 1.54) is 30.3 Å². The smallest absolute Gasteiger partial charge is 0.339 e.